The molecule has 10 nitrogen and oxygen atoms in total. The molecule has 2 aliphatic rings. The fraction of sp³-hybridized carbons (Fsp3) is 0.417. The van der Waals surface area contributed by atoms with E-state index in [0.29, 0.717) is 22.9 Å². The van der Waals surface area contributed by atoms with E-state index >= 15 is 0 Å². The molecule has 2 amide bonds. The van der Waals surface area contributed by atoms with Gasteiger partial charge in [0, 0.05) is 37.9 Å². The number of alkyl halides is 3. The number of hydrogen-bond donors (Lipinski definition) is 2. The second kappa shape index (κ2) is 11.0. The molecule has 5 heterocycles. The van der Waals surface area contributed by atoms with E-state index in [9.17, 15) is 22.8 Å². The zero-order valence-electron chi connectivity index (χ0n) is 20.7. The number of hydrogen-bond acceptors (Lipinski definition) is 9. The number of thiazole rings is 1. The van der Waals surface area contributed by atoms with Gasteiger partial charge in [0.15, 0.2) is 0 Å². The van der Waals surface area contributed by atoms with E-state index in [1.54, 1.807) is 13.0 Å². The summed E-state index contributed by atoms with van der Waals surface area (Å²) >= 11 is 6.57. The number of aromatic nitrogens is 4. The van der Waals surface area contributed by atoms with Crippen LogP contribution in [0.15, 0.2) is 30.9 Å². The summed E-state index contributed by atoms with van der Waals surface area (Å²) in [4.78, 5) is 46.7. The summed E-state index contributed by atoms with van der Waals surface area (Å²) in [5, 5.41) is 5.00. The number of nitrogens with zero attached hydrogens (tertiary/aromatic N) is 6. The lowest BCUT2D eigenvalue weighted by Gasteiger charge is -2.38. The lowest BCUT2D eigenvalue weighted by molar-refractivity contribution is -0.137. The van der Waals surface area contributed by atoms with Crippen molar-refractivity contribution >= 4 is 46.4 Å². The number of carbonyl (C=O) groups is 2. The standard InChI is InChI=1S/C24H24ClF3N8O2S/c1-13(23-30-10-18(39-23)22(38)34-19-7-15(24(26,27)28)16(25)9-29-19)33-21(37)17-8-20(32-12-31-17)36-6-5-35-4-2-3-14(35)11-36/h7-10,12-14H,2-6,11H2,1H3,(H,33,37)(H,29,34,38). The van der Waals surface area contributed by atoms with Crippen LogP contribution in [0.25, 0.3) is 0 Å². The Balaban J connectivity index is 1.21. The number of halogens is 4. The first-order valence-electron chi connectivity index (χ1n) is 12.2. The topological polar surface area (TPSA) is 116 Å². The molecule has 0 bridgehead atoms. The summed E-state index contributed by atoms with van der Waals surface area (Å²) in [6, 6.07) is 2.27. The van der Waals surface area contributed by atoms with Crippen LogP contribution in [0, 0.1) is 0 Å². The van der Waals surface area contributed by atoms with Crippen molar-refractivity contribution in [2.45, 2.75) is 38.0 Å². The van der Waals surface area contributed by atoms with Crippen molar-refractivity contribution < 1.29 is 22.8 Å². The maximum atomic E-state index is 13.1. The molecule has 39 heavy (non-hydrogen) atoms. The Hall–Kier alpha value is -3.36. The zero-order chi connectivity index (χ0) is 27.7. The van der Waals surface area contributed by atoms with E-state index in [2.05, 4.69) is 40.4 Å². The van der Waals surface area contributed by atoms with E-state index in [1.807, 2.05) is 0 Å². The van der Waals surface area contributed by atoms with Gasteiger partial charge < -0.3 is 15.5 Å². The molecule has 0 aliphatic carbocycles. The second-order valence-electron chi connectivity index (χ2n) is 9.30. The Labute approximate surface area is 230 Å². The van der Waals surface area contributed by atoms with Crippen LogP contribution in [-0.4, -0.2) is 68.9 Å². The Morgan fingerprint density at radius 1 is 1.10 bits per heavy atom. The summed E-state index contributed by atoms with van der Waals surface area (Å²) in [7, 11) is 0. The molecular weight excluding hydrogens is 557 g/mol. The van der Waals surface area contributed by atoms with E-state index < -0.39 is 34.6 Å². The normalized spacial score (nSPS) is 18.5. The molecule has 2 N–H and O–H groups in total. The number of pyridine rings is 1. The van der Waals surface area contributed by atoms with Crippen molar-refractivity contribution in [2.24, 2.45) is 0 Å². The van der Waals surface area contributed by atoms with Gasteiger partial charge in [-0.25, -0.2) is 19.9 Å². The zero-order valence-corrected chi connectivity index (χ0v) is 22.3. The van der Waals surface area contributed by atoms with Gasteiger partial charge in [0.05, 0.1) is 22.8 Å². The molecule has 0 spiro atoms. The Bertz CT molecular complexity index is 1390. The Kier molecular flexibility index (Phi) is 7.69. The van der Waals surface area contributed by atoms with E-state index in [0.717, 1.165) is 50.1 Å². The number of piperazine rings is 1. The van der Waals surface area contributed by atoms with E-state index in [1.165, 1.54) is 18.9 Å². The molecule has 0 aromatic carbocycles. The predicted octanol–water partition coefficient (Wildman–Crippen LogP) is 4.03. The third-order valence-corrected chi connectivity index (χ3v) is 8.14. The molecule has 5 rings (SSSR count). The first-order valence-corrected chi connectivity index (χ1v) is 13.4. The second-order valence-corrected chi connectivity index (χ2v) is 10.8. The van der Waals surface area contributed by atoms with Gasteiger partial charge in [-0.05, 0) is 32.4 Å². The van der Waals surface area contributed by atoms with Gasteiger partial charge in [-0.15, -0.1) is 11.3 Å². The highest BCUT2D eigenvalue weighted by atomic mass is 35.5. The number of anilines is 2. The number of amides is 2. The van der Waals surface area contributed by atoms with Crippen LogP contribution in [0.4, 0.5) is 24.8 Å². The van der Waals surface area contributed by atoms with Gasteiger partial charge in [0.2, 0.25) is 0 Å². The van der Waals surface area contributed by atoms with Crippen LogP contribution in [0.5, 0.6) is 0 Å². The van der Waals surface area contributed by atoms with Crippen molar-refractivity contribution in [1.82, 2.24) is 30.2 Å². The summed E-state index contributed by atoms with van der Waals surface area (Å²) in [6.07, 6.45) is 1.14. The molecule has 2 saturated heterocycles. The minimum atomic E-state index is -4.69. The van der Waals surface area contributed by atoms with E-state index in [4.69, 9.17) is 11.6 Å². The fourth-order valence-electron chi connectivity index (χ4n) is 4.67. The highest BCUT2D eigenvalue weighted by Crippen LogP contribution is 2.35. The average Bonchev–Trinajstić information content (AvgIpc) is 3.59. The number of fused-ring (bicyclic) bond motifs is 1. The minimum Gasteiger partial charge on any atom is -0.354 e. The summed E-state index contributed by atoms with van der Waals surface area (Å²) in [6.45, 7) is 5.49. The molecule has 2 unspecified atom stereocenters. The first kappa shape index (κ1) is 27.2. The SMILES string of the molecule is CC(NC(=O)c1cc(N2CCN3CCCC3C2)ncn1)c1ncc(C(=O)Nc2cc(C(F)(F)F)c(Cl)cn2)s1. The maximum absolute atomic E-state index is 13.1. The Morgan fingerprint density at radius 3 is 2.72 bits per heavy atom. The molecule has 0 saturated carbocycles. The highest BCUT2D eigenvalue weighted by molar-refractivity contribution is 7.13. The number of rotatable bonds is 6. The molecule has 2 fully saturated rings. The third kappa shape index (κ3) is 6.12. The highest BCUT2D eigenvalue weighted by Gasteiger charge is 2.34. The summed E-state index contributed by atoms with van der Waals surface area (Å²) in [5.74, 6) is -0.714. The van der Waals surface area contributed by atoms with Crippen LogP contribution in [0.2, 0.25) is 5.02 Å². The smallest absolute Gasteiger partial charge is 0.354 e. The molecule has 0 radical (unpaired) electrons. The van der Waals surface area contributed by atoms with Gasteiger partial charge in [0.1, 0.15) is 33.5 Å². The van der Waals surface area contributed by atoms with Crippen molar-refractivity contribution in [3.63, 3.8) is 0 Å². The van der Waals surface area contributed by atoms with Crippen molar-refractivity contribution in [1.29, 1.82) is 0 Å². The van der Waals surface area contributed by atoms with Crippen LogP contribution >= 0.6 is 22.9 Å². The van der Waals surface area contributed by atoms with Gasteiger partial charge >= 0.3 is 6.18 Å². The van der Waals surface area contributed by atoms with Crippen LogP contribution < -0.4 is 15.5 Å². The molecule has 206 valence electrons. The van der Waals surface area contributed by atoms with Crippen LogP contribution in [0.1, 0.15) is 56.5 Å². The molecule has 3 aromatic rings. The van der Waals surface area contributed by atoms with Crippen LogP contribution in [0.3, 0.4) is 0 Å². The lowest BCUT2D eigenvalue weighted by atomic mass is 10.1. The van der Waals surface area contributed by atoms with Gasteiger partial charge in [-0.2, -0.15) is 13.2 Å². The van der Waals surface area contributed by atoms with Crippen molar-refractivity contribution in [3.8, 4) is 0 Å². The minimum absolute atomic E-state index is 0.131. The lowest BCUT2D eigenvalue weighted by Crippen LogP contribution is -2.50. The molecule has 15 heteroatoms. The average molecular weight is 581 g/mol. The van der Waals surface area contributed by atoms with Crippen molar-refractivity contribution in [2.75, 3.05) is 36.4 Å². The Morgan fingerprint density at radius 2 is 1.92 bits per heavy atom. The third-order valence-electron chi connectivity index (χ3n) is 6.66. The molecular formula is C24H24ClF3N8O2S. The van der Waals surface area contributed by atoms with Gasteiger partial charge in [-0.3, -0.25) is 14.5 Å². The predicted molar refractivity (Wildman–Crippen MR) is 139 cm³/mol. The number of carbonyl (C=O) groups excluding carboxylic acids is 2. The van der Waals surface area contributed by atoms with Gasteiger partial charge in [-0.1, -0.05) is 11.6 Å². The monoisotopic (exact) mass is 580 g/mol. The van der Waals surface area contributed by atoms with E-state index in [-0.39, 0.29) is 16.4 Å². The van der Waals surface area contributed by atoms with Gasteiger partial charge in [0.25, 0.3) is 11.8 Å². The first-order chi connectivity index (χ1) is 18.6. The fourth-order valence-corrected chi connectivity index (χ4v) is 5.70. The summed E-state index contributed by atoms with van der Waals surface area (Å²) in [5.41, 5.74) is -0.894. The van der Waals surface area contributed by atoms with Crippen molar-refractivity contribution in [3.05, 3.63) is 57.0 Å². The number of nitrogens with one attached hydrogen (secondary N) is 2. The largest absolute Gasteiger partial charge is 0.418 e. The maximum Gasteiger partial charge on any atom is 0.418 e. The molecule has 2 atom stereocenters. The quantitative estimate of drug-likeness (QED) is 0.449. The van der Waals surface area contributed by atoms with Crippen LogP contribution in [-0.2, 0) is 6.18 Å². The molecule has 3 aromatic heterocycles. The summed E-state index contributed by atoms with van der Waals surface area (Å²) < 4.78 is 39.3. The molecule has 2 aliphatic heterocycles.